The van der Waals surface area contributed by atoms with Gasteiger partial charge in [0.1, 0.15) is 0 Å². The number of hydrogen-bond donors (Lipinski definition) is 2. The van der Waals surface area contributed by atoms with Crippen molar-refractivity contribution in [3.63, 3.8) is 0 Å². The van der Waals surface area contributed by atoms with Gasteiger partial charge in [-0.05, 0) is 51.3 Å². The fourth-order valence-corrected chi connectivity index (χ4v) is 4.12. The third-order valence-electron chi connectivity index (χ3n) is 5.73. The first-order valence-corrected chi connectivity index (χ1v) is 10.3. The second-order valence-electron chi connectivity index (χ2n) is 7.64. The van der Waals surface area contributed by atoms with Crippen LogP contribution in [0.2, 0.25) is 0 Å². The van der Waals surface area contributed by atoms with Gasteiger partial charge in [-0.25, -0.2) is 0 Å². The standard InChI is InChI=1S/C21H35N5.HI/c1-18-9-6-7-14-25(18)15-8-13-23-21(22-2)24-19-12-16-26(17-19)20-10-4-3-5-11-20;/h3-5,10-11,18-19H,6-9,12-17H2,1-2H3,(H2,22,23,24);1H. The quantitative estimate of drug-likeness (QED) is 0.281. The average Bonchev–Trinajstić information content (AvgIpc) is 3.15. The normalized spacial score (nSPS) is 23.8. The van der Waals surface area contributed by atoms with Gasteiger partial charge in [0.15, 0.2) is 5.96 Å². The van der Waals surface area contributed by atoms with Gasteiger partial charge in [-0.2, -0.15) is 0 Å². The van der Waals surface area contributed by atoms with Gasteiger partial charge in [0, 0.05) is 51.0 Å². The number of halogens is 1. The maximum absolute atomic E-state index is 4.41. The van der Waals surface area contributed by atoms with E-state index >= 15 is 0 Å². The second-order valence-corrected chi connectivity index (χ2v) is 7.64. The van der Waals surface area contributed by atoms with Gasteiger partial charge in [0.05, 0.1) is 0 Å². The van der Waals surface area contributed by atoms with Crippen LogP contribution in [0.15, 0.2) is 35.3 Å². The van der Waals surface area contributed by atoms with E-state index in [2.05, 4.69) is 62.7 Å². The summed E-state index contributed by atoms with van der Waals surface area (Å²) < 4.78 is 0. The molecule has 0 saturated carbocycles. The first-order valence-electron chi connectivity index (χ1n) is 10.3. The van der Waals surface area contributed by atoms with E-state index in [1.165, 1.54) is 44.5 Å². The van der Waals surface area contributed by atoms with Crippen LogP contribution in [-0.2, 0) is 0 Å². The second kappa shape index (κ2) is 11.7. The fourth-order valence-electron chi connectivity index (χ4n) is 4.12. The molecule has 3 rings (SSSR count). The summed E-state index contributed by atoms with van der Waals surface area (Å²) in [7, 11) is 1.87. The van der Waals surface area contributed by atoms with E-state index in [0.717, 1.165) is 38.1 Å². The molecule has 0 radical (unpaired) electrons. The van der Waals surface area contributed by atoms with Gasteiger partial charge in [0.2, 0.25) is 0 Å². The fraction of sp³-hybridized carbons (Fsp3) is 0.667. The van der Waals surface area contributed by atoms with Crippen LogP contribution in [0.3, 0.4) is 0 Å². The van der Waals surface area contributed by atoms with Crippen molar-refractivity contribution in [2.45, 2.75) is 51.1 Å². The van der Waals surface area contributed by atoms with Gasteiger partial charge in [-0.1, -0.05) is 24.6 Å². The Morgan fingerprint density at radius 2 is 1.96 bits per heavy atom. The first kappa shape index (κ1) is 22.3. The zero-order valence-electron chi connectivity index (χ0n) is 16.9. The number of hydrogen-bond acceptors (Lipinski definition) is 3. The molecule has 2 unspecified atom stereocenters. The lowest BCUT2D eigenvalue weighted by molar-refractivity contribution is 0.159. The van der Waals surface area contributed by atoms with E-state index in [1.807, 2.05) is 7.05 Å². The van der Waals surface area contributed by atoms with Gasteiger partial charge in [-0.15, -0.1) is 24.0 Å². The number of rotatable bonds is 6. The number of aliphatic imine (C=N–C) groups is 1. The van der Waals surface area contributed by atoms with Crippen molar-refractivity contribution in [2.24, 2.45) is 4.99 Å². The van der Waals surface area contributed by atoms with Crippen molar-refractivity contribution in [1.29, 1.82) is 0 Å². The van der Waals surface area contributed by atoms with E-state index in [4.69, 9.17) is 0 Å². The number of nitrogens with one attached hydrogen (secondary N) is 2. The zero-order valence-corrected chi connectivity index (χ0v) is 19.2. The van der Waals surface area contributed by atoms with Crippen molar-refractivity contribution >= 4 is 35.6 Å². The predicted octanol–water partition coefficient (Wildman–Crippen LogP) is 3.31. The molecule has 2 atom stereocenters. The number of benzene rings is 1. The van der Waals surface area contributed by atoms with Crippen molar-refractivity contribution in [1.82, 2.24) is 15.5 Å². The van der Waals surface area contributed by atoms with Crippen LogP contribution in [0.4, 0.5) is 5.69 Å². The SMILES string of the molecule is CN=C(NCCCN1CCCCC1C)NC1CCN(c2ccccc2)C1.I. The zero-order chi connectivity index (χ0) is 18.2. The van der Waals surface area contributed by atoms with E-state index in [-0.39, 0.29) is 24.0 Å². The highest BCUT2D eigenvalue weighted by Crippen LogP contribution is 2.19. The summed E-state index contributed by atoms with van der Waals surface area (Å²) in [6.07, 6.45) is 6.44. The maximum Gasteiger partial charge on any atom is 0.191 e. The molecule has 2 fully saturated rings. The molecule has 6 heteroatoms. The Labute approximate surface area is 182 Å². The van der Waals surface area contributed by atoms with E-state index in [9.17, 15) is 0 Å². The molecule has 2 aliphatic rings. The number of para-hydroxylation sites is 1. The summed E-state index contributed by atoms with van der Waals surface area (Å²) in [5.41, 5.74) is 1.32. The van der Waals surface area contributed by atoms with Crippen LogP contribution >= 0.6 is 24.0 Å². The third-order valence-corrected chi connectivity index (χ3v) is 5.73. The molecule has 2 aliphatic heterocycles. The Bertz CT molecular complexity index is 565. The molecule has 1 aromatic carbocycles. The number of piperidine rings is 1. The molecule has 152 valence electrons. The van der Waals surface area contributed by atoms with Crippen LogP contribution in [0.1, 0.15) is 39.0 Å². The minimum atomic E-state index is 0. The lowest BCUT2D eigenvalue weighted by atomic mass is 10.0. The molecule has 2 saturated heterocycles. The van der Waals surface area contributed by atoms with E-state index in [1.54, 1.807) is 0 Å². The molecule has 0 amide bonds. The monoisotopic (exact) mass is 485 g/mol. The van der Waals surface area contributed by atoms with Crippen LogP contribution < -0.4 is 15.5 Å². The minimum absolute atomic E-state index is 0. The topological polar surface area (TPSA) is 42.9 Å². The Morgan fingerprint density at radius 1 is 1.15 bits per heavy atom. The molecular weight excluding hydrogens is 449 g/mol. The molecule has 1 aromatic rings. The summed E-state index contributed by atoms with van der Waals surface area (Å²) in [4.78, 5) is 9.49. The maximum atomic E-state index is 4.41. The minimum Gasteiger partial charge on any atom is -0.369 e. The van der Waals surface area contributed by atoms with Gasteiger partial charge >= 0.3 is 0 Å². The molecule has 5 nitrogen and oxygen atoms in total. The molecule has 27 heavy (non-hydrogen) atoms. The lowest BCUT2D eigenvalue weighted by Crippen LogP contribution is -2.45. The van der Waals surface area contributed by atoms with E-state index < -0.39 is 0 Å². The smallest absolute Gasteiger partial charge is 0.191 e. The van der Waals surface area contributed by atoms with Crippen molar-refractivity contribution in [3.8, 4) is 0 Å². The highest BCUT2D eigenvalue weighted by molar-refractivity contribution is 14.0. The molecule has 2 N–H and O–H groups in total. The number of likely N-dealkylation sites (tertiary alicyclic amines) is 1. The molecular formula is C21H36IN5. The van der Waals surface area contributed by atoms with Crippen LogP contribution in [0, 0.1) is 0 Å². The van der Waals surface area contributed by atoms with Crippen LogP contribution in [0.25, 0.3) is 0 Å². The Kier molecular flexibility index (Phi) is 9.68. The molecule has 0 spiro atoms. The van der Waals surface area contributed by atoms with Crippen LogP contribution in [-0.4, -0.2) is 62.7 Å². The number of nitrogens with zero attached hydrogens (tertiary/aromatic N) is 3. The summed E-state index contributed by atoms with van der Waals surface area (Å²) >= 11 is 0. The first-order chi connectivity index (χ1) is 12.8. The van der Waals surface area contributed by atoms with Crippen molar-refractivity contribution in [2.75, 3.05) is 44.7 Å². The largest absolute Gasteiger partial charge is 0.369 e. The lowest BCUT2D eigenvalue weighted by Gasteiger charge is -2.33. The number of anilines is 1. The third kappa shape index (κ3) is 6.82. The summed E-state index contributed by atoms with van der Waals surface area (Å²) in [5.74, 6) is 0.941. The predicted molar refractivity (Wildman–Crippen MR) is 126 cm³/mol. The van der Waals surface area contributed by atoms with Gasteiger partial charge in [-0.3, -0.25) is 4.99 Å². The molecule has 0 aromatic heterocycles. The highest BCUT2D eigenvalue weighted by atomic mass is 127. The van der Waals surface area contributed by atoms with Crippen molar-refractivity contribution in [3.05, 3.63) is 30.3 Å². The Balaban J connectivity index is 0.00000261. The van der Waals surface area contributed by atoms with Crippen molar-refractivity contribution < 1.29 is 0 Å². The highest BCUT2D eigenvalue weighted by Gasteiger charge is 2.23. The molecule has 2 heterocycles. The molecule has 0 aliphatic carbocycles. The van der Waals surface area contributed by atoms with Gasteiger partial charge in [0.25, 0.3) is 0 Å². The summed E-state index contributed by atoms with van der Waals surface area (Å²) in [6.45, 7) is 7.95. The average molecular weight is 485 g/mol. The molecule has 0 bridgehead atoms. The summed E-state index contributed by atoms with van der Waals surface area (Å²) in [6, 6.07) is 11.9. The Hall–Kier alpha value is -1.02. The Morgan fingerprint density at radius 3 is 2.70 bits per heavy atom. The van der Waals surface area contributed by atoms with Gasteiger partial charge < -0.3 is 20.4 Å². The van der Waals surface area contributed by atoms with Crippen LogP contribution in [0.5, 0.6) is 0 Å². The van der Waals surface area contributed by atoms with E-state index in [0.29, 0.717) is 6.04 Å². The number of guanidine groups is 1. The summed E-state index contributed by atoms with van der Waals surface area (Å²) in [5, 5.41) is 7.10.